The molecule has 1 amide bonds. The van der Waals surface area contributed by atoms with Gasteiger partial charge in [-0.3, -0.25) is 4.79 Å². The van der Waals surface area contributed by atoms with E-state index in [0.717, 1.165) is 12.8 Å². The molecule has 1 N–H and O–H groups in total. The van der Waals surface area contributed by atoms with Crippen LogP contribution in [0.3, 0.4) is 0 Å². The molecule has 0 heterocycles. The maximum atomic E-state index is 11.2. The summed E-state index contributed by atoms with van der Waals surface area (Å²) in [5.41, 5.74) is 0. The molecule has 0 aromatic heterocycles. The van der Waals surface area contributed by atoms with Crippen molar-refractivity contribution in [1.29, 1.82) is 0 Å². The molecule has 2 nitrogen and oxygen atoms in total. The van der Waals surface area contributed by atoms with Gasteiger partial charge in [-0.2, -0.15) is 0 Å². The molecular formula is C11H20ClNO. The molecule has 0 bridgehead atoms. The summed E-state index contributed by atoms with van der Waals surface area (Å²) in [4.78, 5) is 11.2. The van der Waals surface area contributed by atoms with Crippen molar-refractivity contribution >= 4 is 17.5 Å². The van der Waals surface area contributed by atoms with Gasteiger partial charge in [-0.05, 0) is 6.42 Å². The van der Waals surface area contributed by atoms with Gasteiger partial charge in [-0.1, -0.05) is 38.3 Å². The summed E-state index contributed by atoms with van der Waals surface area (Å²) < 4.78 is 0. The molecule has 0 fully saturated rings. The Morgan fingerprint density at radius 3 is 2.71 bits per heavy atom. The summed E-state index contributed by atoms with van der Waals surface area (Å²) in [7, 11) is 0. The number of hydrogen-bond acceptors (Lipinski definition) is 1. The standard InChI is InChI=1S/C11H20ClNO/c1-2-3-4-5-8-11(14)13-10-7-6-9-12/h6-7H,2-5,8-10H2,1H3,(H,13,14)/b7-6+. The van der Waals surface area contributed by atoms with Crippen molar-refractivity contribution in [3.05, 3.63) is 12.2 Å². The number of allylic oxidation sites excluding steroid dienone is 1. The lowest BCUT2D eigenvalue weighted by atomic mass is 10.1. The monoisotopic (exact) mass is 217 g/mol. The van der Waals surface area contributed by atoms with Crippen LogP contribution in [-0.2, 0) is 4.79 Å². The third-order valence-electron chi connectivity index (χ3n) is 1.93. The second-order valence-electron chi connectivity index (χ2n) is 3.24. The van der Waals surface area contributed by atoms with Crippen LogP contribution in [-0.4, -0.2) is 18.3 Å². The zero-order valence-corrected chi connectivity index (χ0v) is 9.65. The van der Waals surface area contributed by atoms with Gasteiger partial charge in [0.05, 0.1) is 0 Å². The summed E-state index contributed by atoms with van der Waals surface area (Å²) in [5.74, 6) is 0.646. The summed E-state index contributed by atoms with van der Waals surface area (Å²) in [5, 5.41) is 2.81. The van der Waals surface area contributed by atoms with Gasteiger partial charge in [-0.15, -0.1) is 11.6 Å². The molecular weight excluding hydrogens is 198 g/mol. The molecule has 0 saturated heterocycles. The van der Waals surface area contributed by atoms with Gasteiger partial charge < -0.3 is 5.32 Å². The Morgan fingerprint density at radius 2 is 2.07 bits per heavy atom. The zero-order valence-electron chi connectivity index (χ0n) is 8.89. The van der Waals surface area contributed by atoms with Gasteiger partial charge in [-0.25, -0.2) is 0 Å². The van der Waals surface area contributed by atoms with Crippen LogP contribution in [0.5, 0.6) is 0 Å². The average molecular weight is 218 g/mol. The van der Waals surface area contributed by atoms with E-state index >= 15 is 0 Å². The maximum absolute atomic E-state index is 11.2. The number of rotatable bonds is 8. The number of hydrogen-bond donors (Lipinski definition) is 1. The number of halogens is 1. The molecule has 0 spiro atoms. The Bertz CT molecular complexity index is 169. The number of unbranched alkanes of at least 4 members (excludes halogenated alkanes) is 3. The topological polar surface area (TPSA) is 29.1 Å². The number of carbonyl (C=O) groups excluding carboxylic acids is 1. The van der Waals surface area contributed by atoms with E-state index in [0.29, 0.717) is 18.8 Å². The first-order valence-corrected chi connectivity index (χ1v) is 5.82. The lowest BCUT2D eigenvalue weighted by Gasteiger charge is -2.01. The van der Waals surface area contributed by atoms with Crippen molar-refractivity contribution in [3.8, 4) is 0 Å². The fraction of sp³-hybridized carbons (Fsp3) is 0.727. The normalized spacial score (nSPS) is 10.7. The lowest BCUT2D eigenvalue weighted by Crippen LogP contribution is -2.22. The van der Waals surface area contributed by atoms with Crippen molar-refractivity contribution in [3.63, 3.8) is 0 Å². The summed E-state index contributed by atoms with van der Waals surface area (Å²) in [6.45, 7) is 2.76. The fourth-order valence-electron chi connectivity index (χ4n) is 1.12. The Hall–Kier alpha value is -0.500. The van der Waals surface area contributed by atoms with Gasteiger partial charge in [0.1, 0.15) is 0 Å². The predicted octanol–water partition coefficient (Wildman–Crippen LogP) is 2.87. The highest BCUT2D eigenvalue weighted by Gasteiger charge is 1.97. The smallest absolute Gasteiger partial charge is 0.220 e. The third kappa shape index (κ3) is 9.59. The van der Waals surface area contributed by atoms with Gasteiger partial charge >= 0.3 is 0 Å². The summed E-state index contributed by atoms with van der Waals surface area (Å²) in [6, 6.07) is 0. The van der Waals surface area contributed by atoms with Crippen LogP contribution in [0, 0.1) is 0 Å². The Kier molecular flexibility index (Phi) is 10.2. The maximum Gasteiger partial charge on any atom is 0.220 e. The molecule has 0 radical (unpaired) electrons. The van der Waals surface area contributed by atoms with E-state index in [1.807, 2.05) is 12.2 Å². The Labute approximate surface area is 91.7 Å². The second kappa shape index (κ2) is 10.6. The third-order valence-corrected chi connectivity index (χ3v) is 2.11. The number of alkyl halides is 1. The first kappa shape index (κ1) is 13.5. The minimum absolute atomic E-state index is 0.139. The highest BCUT2D eigenvalue weighted by atomic mass is 35.5. The first-order chi connectivity index (χ1) is 6.81. The number of nitrogens with one attached hydrogen (secondary N) is 1. The van der Waals surface area contributed by atoms with E-state index < -0.39 is 0 Å². The largest absolute Gasteiger partial charge is 0.353 e. The first-order valence-electron chi connectivity index (χ1n) is 5.29. The highest BCUT2D eigenvalue weighted by molar-refractivity contribution is 6.18. The molecule has 0 unspecified atom stereocenters. The van der Waals surface area contributed by atoms with Crippen LogP contribution in [0.25, 0.3) is 0 Å². The van der Waals surface area contributed by atoms with Crippen LogP contribution in [0.2, 0.25) is 0 Å². The van der Waals surface area contributed by atoms with Crippen LogP contribution in [0.1, 0.15) is 39.0 Å². The number of amides is 1. The molecule has 0 rings (SSSR count). The molecule has 0 aromatic carbocycles. The molecule has 14 heavy (non-hydrogen) atoms. The summed E-state index contributed by atoms with van der Waals surface area (Å²) >= 11 is 5.44. The van der Waals surface area contributed by atoms with Crippen LogP contribution in [0.15, 0.2) is 12.2 Å². The van der Waals surface area contributed by atoms with Crippen molar-refractivity contribution in [2.75, 3.05) is 12.4 Å². The summed E-state index contributed by atoms with van der Waals surface area (Å²) in [6.07, 6.45) is 8.93. The quantitative estimate of drug-likeness (QED) is 0.378. The van der Waals surface area contributed by atoms with Crippen molar-refractivity contribution < 1.29 is 4.79 Å². The molecule has 0 saturated carbocycles. The van der Waals surface area contributed by atoms with Crippen LogP contribution < -0.4 is 5.32 Å². The predicted molar refractivity (Wildman–Crippen MR) is 61.6 cm³/mol. The SMILES string of the molecule is CCCCCCC(=O)NC/C=C/CCl. The van der Waals surface area contributed by atoms with Gasteiger partial charge in [0.2, 0.25) is 5.91 Å². The van der Waals surface area contributed by atoms with E-state index in [1.165, 1.54) is 12.8 Å². The molecule has 0 aliphatic carbocycles. The van der Waals surface area contributed by atoms with Gasteiger partial charge in [0.15, 0.2) is 0 Å². The van der Waals surface area contributed by atoms with Crippen molar-refractivity contribution in [1.82, 2.24) is 5.32 Å². The van der Waals surface area contributed by atoms with Gasteiger partial charge in [0.25, 0.3) is 0 Å². The van der Waals surface area contributed by atoms with Crippen LogP contribution >= 0.6 is 11.6 Å². The fourth-order valence-corrected chi connectivity index (χ4v) is 1.25. The molecule has 82 valence electrons. The molecule has 3 heteroatoms. The Balaban J connectivity index is 3.24. The molecule has 0 aliphatic rings. The highest BCUT2D eigenvalue weighted by Crippen LogP contribution is 2.01. The van der Waals surface area contributed by atoms with Crippen molar-refractivity contribution in [2.45, 2.75) is 39.0 Å². The average Bonchev–Trinajstić information content (AvgIpc) is 2.19. The number of carbonyl (C=O) groups is 1. The van der Waals surface area contributed by atoms with E-state index in [-0.39, 0.29) is 5.91 Å². The Morgan fingerprint density at radius 1 is 1.29 bits per heavy atom. The zero-order chi connectivity index (χ0) is 10.6. The van der Waals surface area contributed by atoms with E-state index in [4.69, 9.17) is 11.6 Å². The van der Waals surface area contributed by atoms with Crippen LogP contribution in [0.4, 0.5) is 0 Å². The second-order valence-corrected chi connectivity index (χ2v) is 3.55. The molecule has 0 aliphatic heterocycles. The van der Waals surface area contributed by atoms with Gasteiger partial charge in [0, 0.05) is 18.8 Å². The van der Waals surface area contributed by atoms with E-state index in [1.54, 1.807) is 0 Å². The van der Waals surface area contributed by atoms with E-state index in [2.05, 4.69) is 12.2 Å². The molecule has 0 aromatic rings. The minimum Gasteiger partial charge on any atom is -0.353 e. The minimum atomic E-state index is 0.139. The molecule has 0 atom stereocenters. The van der Waals surface area contributed by atoms with Crippen molar-refractivity contribution in [2.24, 2.45) is 0 Å². The van der Waals surface area contributed by atoms with E-state index in [9.17, 15) is 4.79 Å². The lowest BCUT2D eigenvalue weighted by molar-refractivity contribution is -0.121.